The van der Waals surface area contributed by atoms with Crippen LogP contribution in [-0.2, 0) is 14.3 Å². The van der Waals surface area contributed by atoms with Crippen molar-refractivity contribution in [1.82, 2.24) is 0 Å². The Bertz CT molecular complexity index is 735. The maximum absolute atomic E-state index is 11.7. The quantitative estimate of drug-likeness (QED) is 0.654. The van der Waals surface area contributed by atoms with Crippen LogP contribution in [0, 0.1) is 6.92 Å². The molecule has 5 nitrogen and oxygen atoms in total. The van der Waals surface area contributed by atoms with Crippen LogP contribution < -0.4 is 10.1 Å². The highest BCUT2D eigenvalue weighted by molar-refractivity contribution is 5.94. The first-order valence-electron chi connectivity index (χ1n) is 7.43. The van der Waals surface area contributed by atoms with Crippen molar-refractivity contribution in [3.63, 3.8) is 0 Å². The van der Waals surface area contributed by atoms with Crippen molar-refractivity contribution in [1.29, 1.82) is 0 Å². The van der Waals surface area contributed by atoms with E-state index in [1.165, 1.54) is 6.08 Å². The second-order valence-corrected chi connectivity index (χ2v) is 5.10. The maximum atomic E-state index is 11.7. The number of amides is 1. The Balaban J connectivity index is 1.83. The summed E-state index contributed by atoms with van der Waals surface area (Å²) in [5, 5.41) is 2.66. The number of rotatable bonds is 6. The number of ether oxygens (including phenoxy) is 2. The summed E-state index contributed by atoms with van der Waals surface area (Å²) in [7, 11) is 1.56. The lowest BCUT2D eigenvalue weighted by Gasteiger charge is -2.06. The number of methoxy groups -OCH3 is 1. The van der Waals surface area contributed by atoms with Crippen LogP contribution in [0.2, 0.25) is 0 Å². The van der Waals surface area contributed by atoms with E-state index in [4.69, 9.17) is 9.47 Å². The second kappa shape index (κ2) is 8.53. The Morgan fingerprint density at radius 1 is 1.08 bits per heavy atom. The van der Waals surface area contributed by atoms with Crippen LogP contribution in [0.4, 0.5) is 5.69 Å². The summed E-state index contributed by atoms with van der Waals surface area (Å²) >= 11 is 0. The number of hydrogen-bond acceptors (Lipinski definition) is 4. The summed E-state index contributed by atoms with van der Waals surface area (Å²) < 4.78 is 10.1. The standard InChI is InChI=1S/C19H19NO4/c1-14-7-10-16(11-8-14)20-18(21)13-24-19(22)12-9-15-5-3-4-6-17(15)23-2/h3-12H,13H2,1-2H3,(H,20,21). The molecule has 0 aliphatic heterocycles. The molecule has 0 radical (unpaired) electrons. The van der Waals surface area contributed by atoms with Crippen molar-refractivity contribution >= 4 is 23.6 Å². The minimum Gasteiger partial charge on any atom is -0.496 e. The number of esters is 1. The summed E-state index contributed by atoms with van der Waals surface area (Å²) in [4.78, 5) is 23.4. The molecule has 124 valence electrons. The van der Waals surface area contributed by atoms with Crippen LogP contribution >= 0.6 is 0 Å². The molecule has 0 saturated carbocycles. The highest BCUT2D eigenvalue weighted by atomic mass is 16.5. The van der Waals surface area contributed by atoms with Gasteiger partial charge < -0.3 is 14.8 Å². The summed E-state index contributed by atoms with van der Waals surface area (Å²) in [5.41, 5.74) is 2.51. The van der Waals surface area contributed by atoms with Gasteiger partial charge in [-0.05, 0) is 31.2 Å². The molecule has 2 aromatic carbocycles. The van der Waals surface area contributed by atoms with E-state index in [-0.39, 0.29) is 6.61 Å². The molecule has 2 aromatic rings. The van der Waals surface area contributed by atoms with Crippen molar-refractivity contribution in [3.05, 3.63) is 65.7 Å². The van der Waals surface area contributed by atoms with Gasteiger partial charge in [0.25, 0.3) is 5.91 Å². The molecular weight excluding hydrogens is 306 g/mol. The Kier molecular flexibility index (Phi) is 6.14. The molecule has 0 heterocycles. The Morgan fingerprint density at radius 2 is 1.79 bits per heavy atom. The number of benzene rings is 2. The molecule has 0 spiro atoms. The predicted molar refractivity (Wildman–Crippen MR) is 92.8 cm³/mol. The van der Waals surface area contributed by atoms with Crippen LogP contribution in [0.25, 0.3) is 6.08 Å². The lowest BCUT2D eigenvalue weighted by Crippen LogP contribution is -2.20. The highest BCUT2D eigenvalue weighted by Crippen LogP contribution is 2.18. The monoisotopic (exact) mass is 325 g/mol. The number of hydrogen-bond donors (Lipinski definition) is 1. The van der Waals surface area contributed by atoms with E-state index in [2.05, 4.69) is 5.32 Å². The van der Waals surface area contributed by atoms with Gasteiger partial charge in [0.15, 0.2) is 6.61 Å². The number of para-hydroxylation sites is 1. The molecule has 2 rings (SSSR count). The minimum atomic E-state index is -0.597. The van der Waals surface area contributed by atoms with E-state index in [1.54, 1.807) is 31.4 Å². The van der Waals surface area contributed by atoms with Crippen LogP contribution in [-0.4, -0.2) is 25.6 Å². The minimum absolute atomic E-state index is 0.344. The Labute approximate surface area is 140 Å². The highest BCUT2D eigenvalue weighted by Gasteiger charge is 2.06. The average Bonchev–Trinajstić information content (AvgIpc) is 2.60. The van der Waals surface area contributed by atoms with Crippen molar-refractivity contribution in [3.8, 4) is 5.75 Å². The van der Waals surface area contributed by atoms with E-state index < -0.39 is 11.9 Å². The van der Waals surface area contributed by atoms with Gasteiger partial charge in [-0.15, -0.1) is 0 Å². The molecule has 0 aliphatic carbocycles. The molecule has 0 unspecified atom stereocenters. The van der Waals surface area contributed by atoms with E-state index in [1.807, 2.05) is 37.3 Å². The van der Waals surface area contributed by atoms with E-state index in [0.29, 0.717) is 11.4 Å². The number of carbonyl (C=O) groups is 2. The fourth-order valence-corrected chi connectivity index (χ4v) is 1.98. The van der Waals surface area contributed by atoms with Gasteiger partial charge in [-0.3, -0.25) is 4.79 Å². The third-order valence-corrected chi connectivity index (χ3v) is 3.22. The average molecular weight is 325 g/mol. The molecule has 1 amide bonds. The number of nitrogens with one attached hydrogen (secondary N) is 1. The van der Waals surface area contributed by atoms with E-state index in [9.17, 15) is 9.59 Å². The van der Waals surface area contributed by atoms with Crippen LogP contribution in [0.5, 0.6) is 5.75 Å². The fraction of sp³-hybridized carbons (Fsp3) is 0.158. The van der Waals surface area contributed by atoms with Gasteiger partial charge in [-0.25, -0.2) is 4.79 Å². The Morgan fingerprint density at radius 3 is 2.50 bits per heavy atom. The van der Waals surface area contributed by atoms with Crippen LogP contribution in [0.15, 0.2) is 54.6 Å². The molecule has 0 atom stereocenters. The molecule has 0 fully saturated rings. The first-order valence-corrected chi connectivity index (χ1v) is 7.43. The predicted octanol–water partition coefficient (Wildman–Crippen LogP) is 3.20. The fourth-order valence-electron chi connectivity index (χ4n) is 1.98. The summed E-state index contributed by atoms with van der Waals surface area (Å²) in [6.45, 7) is 1.62. The summed E-state index contributed by atoms with van der Waals surface area (Å²) in [5.74, 6) is -0.337. The first-order chi connectivity index (χ1) is 11.6. The van der Waals surface area contributed by atoms with Crippen molar-refractivity contribution in [2.24, 2.45) is 0 Å². The zero-order valence-electron chi connectivity index (χ0n) is 13.6. The lowest BCUT2D eigenvalue weighted by atomic mass is 10.2. The molecule has 1 N–H and O–H groups in total. The molecular formula is C19H19NO4. The largest absolute Gasteiger partial charge is 0.496 e. The maximum Gasteiger partial charge on any atom is 0.331 e. The topological polar surface area (TPSA) is 64.6 Å². The summed E-state index contributed by atoms with van der Waals surface area (Å²) in [6, 6.07) is 14.6. The number of aryl methyl sites for hydroxylation is 1. The molecule has 5 heteroatoms. The van der Waals surface area contributed by atoms with Gasteiger partial charge in [0, 0.05) is 17.3 Å². The zero-order chi connectivity index (χ0) is 17.4. The van der Waals surface area contributed by atoms with Crippen molar-refractivity contribution in [2.75, 3.05) is 19.0 Å². The van der Waals surface area contributed by atoms with E-state index in [0.717, 1.165) is 11.1 Å². The van der Waals surface area contributed by atoms with Gasteiger partial charge in [-0.1, -0.05) is 35.9 Å². The van der Waals surface area contributed by atoms with Crippen molar-refractivity contribution < 1.29 is 19.1 Å². The molecule has 0 aromatic heterocycles. The second-order valence-electron chi connectivity index (χ2n) is 5.10. The van der Waals surface area contributed by atoms with Crippen molar-refractivity contribution in [2.45, 2.75) is 6.92 Å². The van der Waals surface area contributed by atoms with Gasteiger partial charge in [0.1, 0.15) is 5.75 Å². The van der Waals surface area contributed by atoms with Gasteiger partial charge in [0.05, 0.1) is 7.11 Å². The SMILES string of the molecule is COc1ccccc1C=CC(=O)OCC(=O)Nc1ccc(C)cc1. The first kappa shape index (κ1) is 17.3. The normalized spacial score (nSPS) is 10.4. The lowest BCUT2D eigenvalue weighted by molar-refractivity contribution is -0.142. The van der Waals surface area contributed by atoms with Crippen LogP contribution in [0.3, 0.4) is 0 Å². The van der Waals surface area contributed by atoms with Gasteiger partial charge >= 0.3 is 5.97 Å². The van der Waals surface area contributed by atoms with Gasteiger partial charge in [-0.2, -0.15) is 0 Å². The zero-order valence-corrected chi connectivity index (χ0v) is 13.6. The molecule has 0 bridgehead atoms. The molecule has 24 heavy (non-hydrogen) atoms. The van der Waals surface area contributed by atoms with E-state index >= 15 is 0 Å². The van der Waals surface area contributed by atoms with Crippen LogP contribution in [0.1, 0.15) is 11.1 Å². The number of carbonyl (C=O) groups excluding carboxylic acids is 2. The van der Waals surface area contributed by atoms with Gasteiger partial charge in [0.2, 0.25) is 0 Å². The molecule has 0 aliphatic rings. The smallest absolute Gasteiger partial charge is 0.331 e. The number of anilines is 1. The third kappa shape index (κ3) is 5.28. The molecule has 0 saturated heterocycles. The third-order valence-electron chi connectivity index (χ3n) is 3.22. The summed E-state index contributed by atoms with van der Waals surface area (Å²) in [6.07, 6.45) is 2.84. The Hall–Kier alpha value is -3.08.